The van der Waals surface area contributed by atoms with E-state index in [9.17, 15) is 8.78 Å². The van der Waals surface area contributed by atoms with E-state index in [2.05, 4.69) is 18.7 Å². The summed E-state index contributed by atoms with van der Waals surface area (Å²) in [4.78, 5) is 2.14. The van der Waals surface area contributed by atoms with E-state index in [0.29, 0.717) is 18.8 Å². The second-order valence-corrected chi connectivity index (χ2v) is 4.59. The van der Waals surface area contributed by atoms with Crippen LogP contribution in [0, 0.1) is 11.6 Å². The van der Waals surface area contributed by atoms with Crippen molar-refractivity contribution >= 4 is 0 Å². The number of nitrogens with zero attached hydrogens (tertiary/aromatic N) is 1. The molecule has 1 fully saturated rings. The van der Waals surface area contributed by atoms with Gasteiger partial charge in [-0.15, -0.1) is 0 Å². The summed E-state index contributed by atoms with van der Waals surface area (Å²) in [7, 11) is 0. The fourth-order valence-corrected chi connectivity index (χ4v) is 2.27. The van der Waals surface area contributed by atoms with Gasteiger partial charge in [0, 0.05) is 18.2 Å². The predicted octanol–water partition coefficient (Wildman–Crippen LogP) is 2.75. The molecule has 94 valence electrons. The molecule has 1 aliphatic rings. The fraction of sp³-hybridized carbons (Fsp3) is 0.538. The highest BCUT2D eigenvalue weighted by molar-refractivity contribution is 5.23. The van der Waals surface area contributed by atoms with Crippen molar-refractivity contribution in [3.05, 3.63) is 35.4 Å². The highest BCUT2D eigenvalue weighted by atomic mass is 19.1. The molecule has 0 saturated carbocycles. The topological polar surface area (TPSA) is 12.5 Å². The highest BCUT2D eigenvalue weighted by Crippen LogP contribution is 2.28. The Labute approximate surface area is 100 Å². The van der Waals surface area contributed by atoms with E-state index in [4.69, 9.17) is 4.74 Å². The van der Waals surface area contributed by atoms with E-state index in [0.717, 1.165) is 12.6 Å². The van der Waals surface area contributed by atoms with Crippen LogP contribution >= 0.6 is 0 Å². The molecule has 2 nitrogen and oxygen atoms in total. The molecule has 1 saturated heterocycles. The van der Waals surface area contributed by atoms with E-state index < -0.39 is 5.82 Å². The summed E-state index contributed by atoms with van der Waals surface area (Å²) >= 11 is 0. The van der Waals surface area contributed by atoms with Crippen LogP contribution in [0.1, 0.15) is 25.5 Å². The van der Waals surface area contributed by atoms with Crippen LogP contribution in [0.4, 0.5) is 8.78 Å². The van der Waals surface area contributed by atoms with Crippen LogP contribution in [-0.2, 0) is 4.74 Å². The Hall–Kier alpha value is -1.00. The smallest absolute Gasteiger partial charge is 0.128 e. The number of benzene rings is 1. The van der Waals surface area contributed by atoms with Crippen molar-refractivity contribution in [3.8, 4) is 0 Å². The number of rotatable bonds is 2. The summed E-state index contributed by atoms with van der Waals surface area (Å²) in [6.07, 6.45) is 0. The summed E-state index contributed by atoms with van der Waals surface area (Å²) in [5.74, 6) is -0.775. The zero-order valence-electron chi connectivity index (χ0n) is 10.1. The van der Waals surface area contributed by atoms with Crippen LogP contribution in [-0.4, -0.2) is 30.7 Å². The number of hydrogen-bond donors (Lipinski definition) is 0. The third-order valence-electron chi connectivity index (χ3n) is 3.15. The van der Waals surface area contributed by atoms with Gasteiger partial charge in [-0.2, -0.15) is 0 Å². The molecule has 0 spiro atoms. The lowest BCUT2D eigenvalue weighted by atomic mass is 10.0. The van der Waals surface area contributed by atoms with E-state index >= 15 is 0 Å². The molecule has 0 N–H and O–H groups in total. The molecule has 2 rings (SSSR count). The highest BCUT2D eigenvalue weighted by Gasteiger charge is 2.28. The third kappa shape index (κ3) is 2.64. The minimum atomic E-state index is -0.407. The van der Waals surface area contributed by atoms with Gasteiger partial charge < -0.3 is 4.74 Å². The number of morpholine rings is 1. The van der Waals surface area contributed by atoms with Gasteiger partial charge in [0.25, 0.3) is 0 Å². The predicted molar refractivity (Wildman–Crippen MR) is 61.8 cm³/mol. The molecular formula is C13H17F2NO. The quantitative estimate of drug-likeness (QED) is 0.789. The van der Waals surface area contributed by atoms with E-state index in [-0.39, 0.29) is 17.9 Å². The lowest BCUT2D eigenvalue weighted by molar-refractivity contribution is -0.0246. The van der Waals surface area contributed by atoms with Crippen LogP contribution < -0.4 is 0 Å². The number of halogens is 2. The Morgan fingerprint density at radius 3 is 2.82 bits per heavy atom. The van der Waals surface area contributed by atoms with Crippen LogP contribution in [0.3, 0.4) is 0 Å². The Morgan fingerprint density at radius 1 is 1.35 bits per heavy atom. The molecule has 1 heterocycles. The second kappa shape index (κ2) is 5.10. The molecule has 1 aromatic rings. The summed E-state index contributed by atoms with van der Waals surface area (Å²) in [5.41, 5.74) is 0.387. The van der Waals surface area contributed by atoms with Crippen molar-refractivity contribution in [1.29, 1.82) is 0 Å². The molecule has 0 radical (unpaired) electrons. The molecule has 4 heteroatoms. The molecule has 0 amide bonds. The van der Waals surface area contributed by atoms with Crippen molar-refractivity contribution in [1.82, 2.24) is 4.90 Å². The van der Waals surface area contributed by atoms with Crippen molar-refractivity contribution in [2.75, 3.05) is 19.8 Å². The molecule has 17 heavy (non-hydrogen) atoms. The molecule has 1 unspecified atom stereocenters. The van der Waals surface area contributed by atoms with Crippen molar-refractivity contribution < 1.29 is 13.5 Å². The van der Waals surface area contributed by atoms with Gasteiger partial charge in [0.05, 0.1) is 19.3 Å². The van der Waals surface area contributed by atoms with Gasteiger partial charge in [-0.3, -0.25) is 4.90 Å². The van der Waals surface area contributed by atoms with Gasteiger partial charge >= 0.3 is 0 Å². The first kappa shape index (κ1) is 12.5. The van der Waals surface area contributed by atoms with Gasteiger partial charge in [-0.05, 0) is 32.0 Å². The van der Waals surface area contributed by atoms with Crippen LogP contribution in [0.15, 0.2) is 18.2 Å². The minimum Gasteiger partial charge on any atom is -0.378 e. The largest absolute Gasteiger partial charge is 0.378 e. The van der Waals surface area contributed by atoms with Crippen molar-refractivity contribution in [3.63, 3.8) is 0 Å². The van der Waals surface area contributed by atoms with Gasteiger partial charge in [-0.25, -0.2) is 8.78 Å². The van der Waals surface area contributed by atoms with Gasteiger partial charge in [0.1, 0.15) is 11.6 Å². The molecule has 0 aromatic heterocycles. The first-order chi connectivity index (χ1) is 8.09. The molecule has 1 aliphatic heterocycles. The zero-order valence-corrected chi connectivity index (χ0v) is 10.1. The lowest BCUT2D eigenvalue weighted by Crippen LogP contribution is -2.43. The first-order valence-corrected chi connectivity index (χ1v) is 5.88. The SMILES string of the molecule is CC(C)N1CCOCC1c1cc(F)ccc1F. The molecule has 1 atom stereocenters. The Bertz CT molecular complexity index is 395. The minimum absolute atomic E-state index is 0.195. The summed E-state index contributed by atoms with van der Waals surface area (Å²) in [6, 6.07) is 3.68. The fourth-order valence-electron chi connectivity index (χ4n) is 2.27. The third-order valence-corrected chi connectivity index (χ3v) is 3.15. The lowest BCUT2D eigenvalue weighted by Gasteiger charge is -2.38. The maximum absolute atomic E-state index is 13.7. The summed E-state index contributed by atoms with van der Waals surface area (Å²) < 4.78 is 32.3. The number of ether oxygens (including phenoxy) is 1. The average molecular weight is 241 g/mol. The summed E-state index contributed by atoms with van der Waals surface area (Å²) in [5, 5.41) is 0. The van der Waals surface area contributed by atoms with Crippen LogP contribution in [0.25, 0.3) is 0 Å². The molecule has 1 aromatic carbocycles. The second-order valence-electron chi connectivity index (χ2n) is 4.59. The summed E-state index contributed by atoms with van der Waals surface area (Å²) in [6.45, 7) is 5.91. The molecular weight excluding hydrogens is 224 g/mol. The Balaban J connectivity index is 2.32. The van der Waals surface area contributed by atoms with Crippen LogP contribution in [0.5, 0.6) is 0 Å². The maximum atomic E-state index is 13.7. The Kier molecular flexibility index (Phi) is 3.74. The maximum Gasteiger partial charge on any atom is 0.128 e. The monoisotopic (exact) mass is 241 g/mol. The van der Waals surface area contributed by atoms with E-state index in [1.807, 2.05) is 0 Å². The van der Waals surface area contributed by atoms with Crippen molar-refractivity contribution in [2.24, 2.45) is 0 Å². The average Bonchev–Trinajstić information content (AvgIpc) is 2.32. The molecule has 0 bridgehead atoms. The first-order valence-electron chi connectivity index (χ1n) is 5.88. The Morgan fingerprint density at radius 2 is 2.12 bits per heavy atom. The van der Waals surface area contributed by atoms with Gasteiger partial charge in [0.2, 0.25) is 0 Å². The van der Waals surface area contributed by atoms with E-state index in [1.54, 1.807) is 0 Å². The standard InChI is InChI=1S/C13H17F2NO/c1-9(2)16-5-6-17-8-13(16)11-7-10(14)3-4-12(11)15/h3-4,7,9,13H,5-6,8H2,1-2H3. The van der Waals surface area contributed by atoms with Gasteiger partial charge in [0.15, 0.2) is 0 Å². The normalized spacial score (nSPS) is 22.1. The zero-order chi connectivity index (χ0) is 12.4. The molecule has 0 aliphatic carbocycles. The van der Waals surface area contributed by atoms with Crippen LogP contribution in [0.2, 0.25) is 0 Å². The number of hydrogen-bond acceptors (Lipinski definition) is 2. The van der Waals surface area contributed by atoms with Gasteiger partial charge in [-0.1, -0.05) is 0 Å². The van der Waals surface area contributed by atoms with Crippen molar-refractivity contribution in [2.45, 2.75) is 25.9 Å². The van der Waals surface area contributed by atoms with E-state index in [1.165, 1.54) is 12.1 Å².